The zero-order valence-electron chi connectivity index (χ0n) is 12.5. The summed E-state index contributed by atoms with van der Waals surface area (Å²) in [6, 6.07) is 9.27. The molecule has 0 aliphatic heterocycles. The molecule has 0 unspecified atom stereocenters. The molecular weight excluding hydrogens is 286 g/mol. The molecule has 0 saturated carbocycles. The zero-order valence-corrected chi connectivity index (χ0v) is 12.5. The van der Waals surface area contributed by atoms with Crippen LogP contribution in [0, 0.1) is 18.6 Å². The number of hydrogen-bond acceptors (Lipinski definition) is 2. The molecule has 2 aromatic rings. The average molecular weight is 304 g/mol. The number of amides is 1. The lowest BCUT2D eigenvalue weighted by atomic mass is 10.1. The second-order valence-electron chi connectivity index (χ2n) is 4.99. The van der Waals surface area contributed by atoms with Crippen molar-refractivity contribution in [3.63, 3.8) is 0 Å². The van der Waals surface area contributed by atoms with Crippen molar-refractivity contribution in [1.29, 1.82) is 0 Å². The Morgan fingerprint density at radius 2 is 1.91 bits per heavy atom. The third-order valence-corrected chi connectivity index (χ3v) is 3.38. The SMILES string of the molecule is CCc1cccc(C)c1NC(=O)CNc1ccc(F)c(F)c1. The van der Waals surface area contributed by atoms with Gasteiger partial charge in [-0.25, -0.2) is 8.78 Å². The monoisotopic (exact) mass is 304 g/mol. The smallest absolute Gasteiger partial charge is 0.243 e. The van der Waals surface area contributed by atoms with E-state index in [0.29, 0.717) is 5.69 Å². The zero-order chi connectivity index (χ0) is 16.1. The summed E-state index contributed by atoms with van der Waals surface area (Å²) in [5.74, 6) is -2.10. The molecule has 0 aliphatic rings. The van der Waals surface area contributed by atoms with Crippen molar-refractivity contribution in [2.24, 2.45) is 0 Å². The van der Waals surface area contributed by atoms with Gasteiger partial charge in [0.2, 0.25) is 5.91 Å². The van der Waals surface area contributed by atoms with Crippen LogP contribution in [-0.2, 0) is 11.2 Å². The highest BCUT2D eigenvalue weighted by Crippen LogP contribution is 2.21. The van der Waals surface area contributed by atoms with Crippen LogP contribution in [0.3, 0.4) is 0 Å². The van der Waals surface area contributed by atoms with Crippen molar-refractivity contribution in [1.82, 2.24) is 0 Å². The van der Waals surface area contributed by atoms with E-state index in [2.05, 4.69) is 10.6 Å². The molecule has 0 fully saturated rings. The molecule has 0 heterocycles. The summed E-state index contributed by atoms with van der Waals surface area (Å²) in [5, 5.41) is 5.63. The number of aryl methyl sites for hydroxylation is 2. The van der Waals surface area contributed by atoms with Gasteiger partial charge in [0.05, 0.1) is 6.54 Å². The van der Waals surface area contributed by atoms with Gasteiger partial charge in [-0.15, -0.1) is 0 Å². The molecule has 0 bridgehead atoms. The van der Waals surface area contributed by atoms with Crippen LogP contribution in [0.4, 0.5) is 20.2 Å². The number of halogens is 2. The molecule has 1 amide bonds. The second-order valence-corrected chi connectivity index (χ2v) is 4.99. The number of para-hydroxylation sites is 1. The van der Waals surface area contributed by atoms with Gasteiger partial charge >= 0.3 is 0 Å². The first kappa shape index (κ1) is 15.9. The van der Waals surface area contributed by atoms with E-state index >= 15 is 0 Å². The third kappa shape index (κ3) is 3.81. The second kappa shape index (κ2) is 7.02. The van der Waals surface area contributed by atoms with E-state index in [-0.39, 0.29) is 12.5 Å². The first-order chi connectivity index (χ1) is 10.5. The molecule has 0 atom stereocenters. The molecular formula is C17H18F2N2O. The van der Waals surface area contributed by atoms with Crippen molar-refractivity contribution >= 4 is 17.3 Å². The van der Waals surface area contributed by atoms with Crippen LogP contribution in [-0.4, -0.2) is 12.5 Å². The van der Waals surface area contributed by atoms with Crippen molar-refractivity contribution in [3.8, 4) is 0 Å². The fourth-order valence-corrected chi connectivity index (χ4v) is 2.17. The number of anilines is 2. The summed E-state index contributed by atoms with van der Waals surface area (Å²) in [7, 11) is 0. The minimum atomic E-state index is -0.947. The highest BCUT2D eigenvalue weighted by Gasteiger charge is 2.09. The predicted octanol–water partition coefficient (Wildman–Crippen LogP) is 3.89. The molecule has 0 saturated heterocycles. The van der Waals surface area contributed by atoms with Crippen molar-refractivity contribution in [3.05, 3.63) is 59.2 Å². The van der Waals surface area contributed by atoms with Crippen LogP contribution >= 0.6 is 0 Å². The Bertz CT molecular complexity index is 686. The average Bonchev–Trinajstić information content (AvgIpc) is 2.50. The Labute approximate surface area is 128 Å². The summed E-state index contributed by atoms with van der Waals surface area (Å²) in [4.78, 5) is 12.0. The lowest BCUT2D eigenvalue weighted by Gasteiger charge is -2.13. The van der Waals surface area contributed by atoms with Crippen LogP contribution in [0.15, 0.2) is 36.4 Å². The van der Waals surface area contributed by atoms with Crippen LogP contribution in [0.5, 0.6) is 0 Å². The van der Waals surface area contributed by atoms with E-state index in [1.54, 1.807) is 0 Å². The minimum Gasteiger partial charge on any atom is -0.376 e. The summed E-state index contributed by atoms with van der Waals surface area (Å²) in [6.07, 6.45) is 0.813. The summed E-state index contributed by atoms with van der Waals surface area (Å²) >= 11 is 0. The van der Waals surface area contributed by atoms with E-state index in [4.69, 9.17) is 0 Å². The molecule has 2 aromatic carbocycles. The Hall–Kier alpha value is -2.43. The van der Waals surface area contributed by atoms with Crippen molar-refractivity contribution in [2.45, 2.75) is 20.3 Å². The highest BCUT2D eigenvalue weighted by molar-refractivity contribution is 5.95. The quantitative estimate of drug-likeness (QED) is 0.880. The summed E-state index contributed by atoms with van der Waals surface area (Å²) in [5.41, 5.74) is 3.21. The predicted molar refractivity (Wildman–Crippen MR) is 84.0 cm³/mol. The Morgan fingerprint density at radius 1 is 1.14 bits per heavy atom. The number of benzene rings is 2. The molecule has 116 valence electrons. The number of carbonyl (C=O) groups is 1. The summed E-state index contributed by atoms with van der Waals surface area (Å²) < 4.78 is 25.9. The van der Waals surface area contributed by atoms with Gasteiger partial charge in [0.1, 0.15) is 0 Å². The van der Waals surface area contributed by atoms with Crippen LogP contribution < -0.4 is 10.6 Å². The number of nitrogens with one attached hydrogen (secondary N) is 2. The number of hydrogen-bond donors (Lipinski definition) is 2. The van der Waals surface area contributed by atoms with E-state index in [0.717, 1.165) is 35.4 Å². The Kier molecular flexibility index (Phi) is 5.09. The van der Waals surface area contributed by atoms with Crippen LogP contribution in [0.2, 0.25) is 0 Å². The van der Waals surface area contributed by atoms with Gasteiger partial charge in [-0.1, -0.05) is 25.1 Å². The van der Waals surface area contributed by atoms with Gasteiger partial charge in [0.15, 0.2) is 11.6 Å². The Balaban J connectivity index is 2.00. The van der Waals surface area contributed by atoms with Crippen LogP contribution in [0.25, 0.3) is 0 Å². The fourth-order valence-electron chi connectivity index (χ4n) is 2.17. The van der Waals surface area contributed by atoms with Crippen LogP contribution in [0.1, 0.15) is 18.1 Å². The number of rotatable bonds is 5. The molecule has 3 nitrogen and oxygen atoms in total. The van der Waals surface area contributed by atoms with Crippen molar-refractivity contribution < 1.29 is 13.6 Å². The lowest BCUT2D eigenvalue weighted by Crippen LogP contribution is -2.23. The topological polar surface area (TPSA) is 41.1 Å². The highest BCUT2D eigenvalue weighted by atomic mass is 19.2. The van der Waals surface area contributed by atoms with E-state index in [1.807, 2.05) is 32.0 Å². The standard InChI is InChI=1S/C17H18F2N2O/c1-3-12-6-4-5-11(2)17(12)21-16(22)10-20-13-7-8-14(18)15(19)9-13/h4-9,20H,3,10H2,1-2H3,(H,21,22). The van der Waals surface area contributed by atoms with Crippen molar-refractivity contribution in [2.75, 3.05) is 17.2 Å². The third-order valence-electron chi connectivity index (χ3n) is 3.38. The van der Waals surface area contributed by atoms with Gasteiger partial charge in [-0.3, -0.25) is 4.79 Å². The van der Waals surface area contributed by atoms with E-state index in [1.165, 1.54) is 6.07 Å². The van der Waals surface area contributed by atoms with Gasteiger partial charge in [-0.05, 0) is 36.6 Å². The first-order valence-electron chi connectivity index (χ1n) is 7.08. The molecule has 0 spiro atoms. The first-order valence-corrected chi connectivity index (χ1v) is 7.08. The maximum absolute atomic E-state index is 13.1. The molecule has 0 aliphatic carbocycles. The minimum absolute atomic E-state index is 0.0252. The van der Waals surface area contributed by atoms with Gasteiger partial charge < -0.3 is 10.6 Å². The van der Waals surface area contributed by atoms with E-state index < -0.39 is 11.6 Å². The van der Waals surface area contributed by atoms with E-state index in [9.17, 15) is 13.6 Å². The normalized spacial score (nSPS) is 10.4. The van der Waals surface area contributed by atoms with Gasteiger partial charge in [-0.2, -0.15) is 0 Å². The largest absolute Gasteiger partial charge is 0.376 e. The lowest BCUT2D eigenvalue weighted by molar-refractivity contribution is -0.114. The Morgan fingerprint density at radius 3 is 2.59 bits per heavy atom. The molecule has 2 rings (SSSR count). The molecule has 0 radical (unpaired) electrons. The maximum atomic E-state index is 13.1. The fraction of sp³-hybridized carbons (Fsp3) is 0.235. The number of carbonyl (C=O) groups excluding carboxylic acids is 1. The maximum Gasteiger partial charge on any atom is 0.243 e. The molecule has 22 heavy (non-hydrogen) atoms. The molecule has 5 heteroatoms. The summed E-state index contributed by atoms with van der Waals surface area (Å²) in [6.45, 7) is 3.92. The molecule has 2 N–H and O–H groups in total. The molecule has 0 aromatic heterocycles. The van der Waals surface area contributed by atoms with Gasteiger partial charge in [0.25, 0.3) is 0 Å². The van der Waals surface area contributed by atoms with Gasteiger partial charge in [0, 0.05) is 17.4 Å².